The number of rotatable bonds is 7. The highest BCUT2D eigenvalue weighted by Gasteiger charge is 2.26. The van der Waals surface area contributed by atoms with Crippen molar-refractivity contribution in [2.75, 3.05) is 27.0 Å². The van der Waals surface area contributed by atoms with Gasteiger partial charge in [-0.3, -0.25) is 14.9 Å². The first kappa shape index (κ1) is 20.7. The molecule has 7 heteroatoms. The van der Waals surface area contributed by atoms with Crippen LogP contribution in [0, 0.1) is 10.1 Å². The number of methoxy groups -OCH3 is 1. The van der Waals surface area contributed by atoms with E-state index in [0.717, 1.165) is 16.3 Å². The molecule has 150 valence electrons. The zero-order valence-corrected chi connectivity index (χ0v) is 17.4. The van der Waals surface area contributed by atoms with E-state index in [4.69, 9.17) is 4.74 Å². The Balaban J connectivity index is 1.85. The number of nitrogens with zero attached hydrogens (tertiary/aromatic N) is 2. The van der Waals surface area contributed by atoms with Crippen molar-refractivity contribution in [3.8, 4) is 5.75 Å². The van der Waals surface area contributed by atoms with E-state index < -0.39 is 4.92 Å². The second kappa shape index (κ2) is 8.96. The minimum absolute atomic E-state index is 0.0700. The third kappa shape index (κ3) is 4.35. The summed E-state index contributed by atoms with van der Waals surface area (Å²) in [6.45, 7) is 0.449. The standard InChI is InChI=1S/C22H22N2O4S/c1-23(12-11-16-9-6-8-15-7-4-5-10-17(15)16)22(25)18-13-21(29-3)20(28-2)14-19(18)24(26)27/h4-10,13-14H,11-12H2,1-3H3. The summed E-state index contributed by atoms with van der Waals surface area (Å²) in [6.07, 6.45) is 2.49. The fourth-order valence-corrected chi connectivity index (χ4v) is 3.88. The van der Waals surface area contributed by atoms with Crippen LogP contribution in [0.2, 0.25) is 0 Å². The Bertz CT molecular complexity index is 1060. The summed E-state index contributed by atoms with van der Waals surface area (Å²) in [6, 6.07) is 17.1. The Morgan fingerprint density at radius 1 is 1.17 bits per heavy atom. The smallest absolute Gasteiger partial charge is 0.285 e. The van der Waals surface area contributed by atoms with E-state index in [1.54, 1.807) is 13.1 Å². The molecule has 1 amide bonds. The normalized spacial score (nSPS) is 10.7. The number of carbonyl (C=O) groups is 1. The lowest BCUT2D eigenvalue weighted by molar-refractivity contribution is -0.385. The molecule has 0 spiro atoms. The molecule has 0 aliphatic carbocycles. The Hall–Kier alpha value is -3.06. The average molecular weight is 410 g/mol. The number of hydrogen-bond acceptors (Lipinski definition) is 5. The molecule has 0 atom stereocenters. The maximum atomic E-state index is 13.0. The summed E-state index contributed by atoms with van der Waals surface area (Å²) >= 11 is 1.38. The highest BCUT2D eigenvalue weighted by atomic mass is 32.2. The van der Waals surface area contributed by atoms with Crippen molar-refractivity contribution in [3.63, 3.8) is 0 Å². The average Bonchev–Trinajstić information content (AvgIpc) is 2.75. The molecular formula is C22H22N2O4S. The summed E-state index contributed by atoms with van der Waals surface area (Å²) in [5, 5.41) is 13.8. The van der Waals surface area contributed by atoms with Crippen molar-refractivity contribution in [2.24, 2.45) is 0 Å². The summed E-state index contributed by atoms with van der Waals surface area (Å²) in [4.78, 5) is 26.2. The van der Waals surface area contributed by atoms with E-state index in [1.165, 1.54) is 29.8 Å². The molecule has 0 fully saturated rings. The van der Waals surface area contributed by atoms with Crippen molar-refractivity contribution in [3.05, 3.63) is 75.8 Å². The van der Waals surface area contributed by atoms with Crippen molar-refractivity contribution >= 4 is 34.1 Å². The van der Waals surface area contributed by atoms with Gasteiger partial charge >= 0.3 is 0 Å². The number of amides is 1. The minimum Gasteiger partial charge on any atom is -0.495 e. The van der Waals surface area contributed by atoms with Crippen LogP contribution in [0.15, 0.2) is 59.5 Å². The number of carbonyl (C=O) groups excluding carboxylic acids is 1. The quantitative estimate of drug-likeness (QED) is 0.318. The molecular weight excluding hydrogens is 388 g/mol. The van der Waals surface area contributed by atoms with Crippen LogP contribution >= 0.6 is 11.8 Å². The van der Waals surface area contributed by atoms with E-state index in [1.807, 2.05) is 30.5 Å². The monoisotopic (exact) mass is 410 g/mol. The van der Waals surface area contributed by atoms with Gasteiger partial charge < -0.3 is 9.64 Å². The van der Waals surface area contributed by atoms with Gasteiger partial charge in [0.2, 0.25) is 0 Å². The summed E-state index contributed by atoms with van der Waals surface area (Å²) in [7, 11) is 3.12. The van der Waals surface area contributed by atoms with Crippen LogP contribution in [0.25, 0.3) is 10.8 Å². The van der Waals surface area contributed by atoms with Crippen LogP contribution in [0.5, 0.6) is 5.75 Å². The molecule has 0 aliphatic rings. The molecule has 0 unspecified atom stereocenters. The molecule has 0 aromatic heterocycles. The van der Waals surface area contributed by atoms with Crippen LogP contribution in [0.4, 0.5) is 5.69 Å². The molecule has 3 aromatic rings. The third-order valence-electron chi connectivity index (χ3n) is 4.87. The van der Waals surface area contributed by atoms with Crippen LogP contribution in [-0.2, 0) is 6.42 Å². The van der Waals surface area contributed by atoms with E-state index in [9.17, 15) is 14.9 Å². The largest absolute Gasteiger partial charge is 0.495 e. The van der Waals surface area contributed by atoms with Crippen LogP contribution in [0.1, 0.15) is 15.9 Å². The number of benzene rings is 3. The second-order valence-electron chi connectivity index (χ2n) is 6.60. The van der Waals surface area contributed by atoms with Crippen LogP contribution in [0.3, 0.4) is 0 Å². The fraction of sp³-hybridized carbons (Fsp3) is 0.227. The number of likely N-dealkylation sites (N-methyl/N-ethyl adjacent to an activating group) is 1. The first-order valence-corrected chi connectivity index (χ1v) is 10.3. The predicted molar refractivity (Wildman–Crippen MR) is 116 cm³/mol. The molecule has 0 bridgehead atoms. The molecule has 3 aromatic carbocycles. The zero-order chi connectivity index (χ0) is 21.0. The van der Waals surface area contributed by atoms with E-state index >= 15 is 0 Å². The number of ether oxygens (including phenoxy) is 1. The van der Waals surface area contributed by atoms with Crippen molar-refractivity contribution in [1.29, 1.82) is 0 Å². The van der Waals surface area contributed by atoms with Gasteiger partial charge in [0, 0.05) is 13.6 Å². The van der Waals surface area contributed by atoms with Gasteiger partial charge in [-0.2, -0.15) is 0 Å². The van der Waals surface area contributed by atoms with E-state index in [2.05, 4.69) is 18.2 Å². The van der Waals surface area contributed by atoms with Gasteiger partial charge in [0.15, 0.2) is 0 Å². The van der Waals surface area contributed by atoms with Crippen molar-refractivity contribution in [2.45, 2.75) is 11.3 Å². The highest BCUT2D eigenvalue weighted by molar-refractivity contribution is 7.98. The molecule has 0 aliphatic heterocycles. The second-order valence-corrected chi connectivity index (χ2v) is 7.44. The number of thioether (sulfide) groups is 1. The van der Waals surface area contributed by atoms with Gasteiger partial charge in [-0.1, -0.05) is 42.5 Å². The Morgan fingerprint density at radius 3 is 2.59 bits per heavy atom. The highest BCUT2D eigenvalue weighted by Crippen LogP contribution is 2.35. The SMILES string of the molecule is COc1cc([N+](=O)[O-])c(C(=O)N(C)CCc2cccc3ccccc23)cc1SC. The molecule has 29 heavy (non-hydrogen) atoms. The number of fused-ring (bicyclic) bond motifs is 1. The number of nitro benzene ring substituents is 1. The first-order valence-electron chi connectivity index (χ1n) is 9.08. The Kier molecular flexibility index (Phi) is 6.39. The van der Waals surface area contributed by atoms with Gasteiger partial charge in [-0.05, 0) is 35.1 Å². The first-order chi connectivity index (χ1) is 14.0. The van der Waals surface area contributed by atoms with Crippen molar-refractivity contribution in [1.82, 2.24) is 4.90 Å². The molecule has 0 saturated carbocycles. The zero-order valence-electron chi connectivity index (χ0n) is 16.5. The van der Waals surface area contributed by atoms with Crippen molar-refractivity contribution < 1.29 is 14.5 Å². The molecule has 0 saturated heterocycles. The third-order valence-corrected chi connectivity index (χ3v) is 5.63. The number of nitro groups is 1. The molecule has 3 rings (SSSR count). The predicted octanol–water partition coefficient (Wildman–Crippen LogP) is 4.79. The van der Waals surface area contributed by atoms with Crippen LogP contribution < -0.4 is 4.74 Å². The maximum Gasteiger partial charge on any atom is 0.285 e. The minimum atomic E-state index is -0.543. The number of hydrogen-bond donors (Lipinski definition) is 0. The van der Waals surface area contributed by atoms with Crippen LogP contribution in [-0.4, -0.2) is 42.7 Å². The lowest BCUT2D eigenvalue weighted by Gasteiger charge is -2.19. The summed E-state index contributed by atoms with van der Waals surface area (Å²) < 4.78 is 5.22. The fourth-order valence-electron chi connectivity index (χ4n) is 3.30. The molecule has 0 N–H and O–H groups in total. The van der Waals surface area contributed by atoms with Gasteiger partial charge in [0.1, 0.15) is 11.3 Å². The van der Waals surface area contributed by atoms with Gasteiger partial charge in [-0.25, -0.2) is 0 Å². The van der Waals surface area contributed by atoms with Gasteiger partial charge in [0.25, 0.3) is 11.6 Å². The maximum absolute atomic E-state index is 13.0. The van der Waals surface area contributed by atoms with E-state index in [-0.39, 0.29) is 17.2 Å². The van der Waals surface area contributed by atoms with E-state index in [0.29, 0.717) is 23.6 Å². The van der Waals surface area contributed by atoms with Gasteiger partial charge in [-0.15, -0.1) is 11.8 Å². The molecule has 0 heterocycles. The lowest BCUT2D eigenvalue weighted by atomic mass is 10.0. The van der Waals surface area contributed by atoms with Gasteiger partial charge in [0.05, 0.1) is 23.0 Å². The molecule has 0 radical (unpaired) electrons. The summed E-state index contributed by atoms with van der Waals surface area (Å²) in [5.41, 5.74) is 0.957. The Morgan fingerprint density at radius 2 is 1.90 bits per heavy atom. The Labute approximate surface area is 173 Å². The summed E-state index contributed by atoms with van der Waals surface area (Å²) in [5.74, 6) is 0.00838. The lowest BCUT2D eigenvalue weighted by Crippen LogP contribution is -2.29. The molecule has 6 nitrogen and oxygen atoms in total. The topological polar surface area (TPSA) is 72.7 Å².